The number of benzene rings is 1. The Morgan fingerprint density at radius 2 is 2.14 bits per heavy atom. The molecule has 1 amide bonds. The number of ether oxygens (including phenoxy) is 1. The molecule has 0 saturated heterocycles. The molecule has 2 rings (SSSR count). The van der Waals surface area contributed by atoms with E-state index in [9.17, 15) is 13.2 Å². The first kappa shape index (κ1) is 15.1. The molecule has 0 bridgehead atoms. The summed E-state index contributed by atoms with van der Waals surface area (Å²) in [5, 5.41) is 7.66. The van der Waals surface area contributed by atoms with Crippen molar-refractivity contribution in [3.63, 3.8) is 0 Å². The van der Waals surface area contributed by atoms with Crippen LogP contribution >= 0.6 is 0 Å². The SMILES string of the molecule is COc1ccc(S(N)(=O)=O)cc1C(=O)NCc1ccco1. The van der Waals surface area contributed by atoms with Crippen LogP contribution in [0, 0.1) is 0 Å². The van der Waals surface area contributed by atoms with Gasteiger partial charge in [0, 0.05) is 0 Å². The van der Waals surface area contributed by atoms with Crippen LogP contribution in [-0.4, -0.2) is 21.4 Å². The third-order valence-electron chi connectivity index (χ3n) is 2.75. The highest BCUT2D eigenvalue weighted by atomic mass is 32.2. The minimum absolute atomic E-state index is 0.0792. The highest BCUT2D eigenvalue weighted by molar-refractivity contribution is 7.89. The average Bonchev–Trinajstić information content (AvgIpc) is 2.96. The second-order valence-corrected chi connectivity index (χ2v) is 5.73. The average molecular weight is 310 g/mol. The molecule has 21 heavy (non-hydrogen) atoms. The lowest BCUT2D eigenvalue weighted by Gasteiger charge is -2.10. The molecule has 0 spiro atoms. The Hall–Kier alpha value is -2.32. The summed E-state index contributed by atoms with van der Waals surface area (Å²) >= 11 is 0. The fourth-order valence-corrected chi connectivity index (χ4v) is 2.26. The summed E-state index contributed by atoms with van der Waals surface area (Å²) in [6.07, 6.45) is 1.49. The number of carbonyl (C=O) groups is 1. The van der Waals surface area contributed by atoms with Crippen molar-refractivity contribution in [3.8, 4) is 5.75 Å². The van der Waals surface area contributed by atoms with E-state index in [0.29, 0.717) is 5.76 Å². The summed E-state index contributed by atoms with van der Waals surface area (Å²) in [6.45, 7) is 0.175. The lowest BCUT2D eigenvalue weighted by Crippen LogP contribution is -2.24. The van der Waals surface area contributed by atoms with Crippen molar-refractivity contribution in [1.82, 2.24) is 5.32 Å². The standard InChI is InChI=1S/C13H14N2O5S/c1-19-12-5-4-10(21(14,17)18)7-11(12)13(16)15-8-9-3-2-6-20-9/h2-7H,8H2,1H3,(H,15,16)(H2,14,17,18). The van der Waals surface area contributed by atoms with Crippen molar-refractivity contribution < 1.29 is 22.4 Å². The lowest BCUT2D eigenvalue weighted by molar-refractivity contribution is 0.0944. The van der Waals surface area contributed by atoms with Crippen LogP contribution in [0.2, 0.25) is 0 Å². The van der Waals surface area contributed by atoms with Gasteiger partial charge in [-0.25, -0.2) is 13.6 Å². The van der Waals surface area contributed by atoms with E-state index in [-0.39, 0.29) is 22.8 Å². The first-order valence-electron chi connectivity index (χ1n) is 5.93. The van der Waals surface area contributed by atoms with Gasteiger partial charge < -0.3 is 14.5 Å². The fourth-order valence-electron chi connectivity index (χ4n) is 1.72. The molecule has 7 nitrogen and oxygen atoms in total. The molecular weight excluding hydrogens is 296 g/mol. The Labute approximate surface area is 121 Å². The molecule has 1 aromatic heterocycles. The largest absolute Gasteiger partial charge is 0.496 e. The predicted octanol–water partition coefficient (Wildman–Crippen LogP) is 0.866. The minimum Gasteiger partial charge on any atom is -0.496 e. The molecule has 0 saturated carbocycles. The van der Waals surface area contributed by atoms with E-state index in [4.69, 9.17) is 14.3 Å². The minimum atomic E-state index is -3.90. The molecule has 1 aromatic carbocycles. The fraction of sp³-hybridized carbons (Fsp3) is 0.154. The van der Waals surface area contributed by atoms with Gasteiger partial charge >= 0.3 is 0 Å². The number of nitrogens with one attached hydrogen (secondary N) is 1. The second kappa shape index (κ2) is 5.98. The maximum Gasteiger partial charge on any atom is 0.255 e. The van der Waals surface area contributed by atoms with Gasteiger partial charge in [-0.2, -0.15) is 0 Å². The maximum atomic E-state index is 12.1. The normalized spacial score (nSPS) is 11.1. The Bertz CT molecular complexity index is 738. The molecular formula is C13H14N2O5S. The number of nitrogens with two attached hydrogens (primary N) is 1. The Balaban J connectivity index is 2.25. The Morgan fingerprint density at radius 1 is 1.38 bits per heavy atom. The molecule has 0 aliphatic rings. The maximum absolute atomic E-state index is 12.1. The quantitative estimate of drug-likeness (QED) is 0.851. The molecule has 3 N–H and O–H groups in total. The van der Waals surface area contributed by atoms with E-state index in [1.807, 2.05) is 0 Å². The zero-order valence-corrected chi connectivity index (χ0v) is 12.0. The monoisotopic (exact) mass is 310 g/mol. The van der Waals surface area contributed by atoms with Crippen LogP contribution in [0.15, 0.2) is 45.9 Å². The number of methoxy groups -OCH3 is 1. The number of amides is 1. The third kappa shape index (κ3) is 3.61. The first-order valence-corrected chi connectivity index (χ1v) is 7.48. The number of rotatable bonds is 5. The van der Waals surface area contributed by atoms with E-state index in [0.717, 1.165) is 0 Å². The van der Waals surface area contributed by atoms with Gasteiger partial charge in [0.2, 0.25) is 10.0 Å². The number of sulfonamides is 1. The van der Waals surface area contributed by atoms with Gasteiger partial charge in [0.1, 0.15) is 11.5 Å². The van der Waals surface area contributed by atoms with E-state index in [1.54, 1.807) is 12.1 Å². The van der Waals surface area contributed by atoms with Crippen molar-refractivity contribution in [1.29, 1.82) is 0 Å². The first-order chi connectivity index (χ1) is 9.91. The van der Waals surface area contributed by atoms with Crippen LogP contribution < -0.4 is 15.2 Å². The van der Waals surface area contributed by atoms with Crippen LogP contribution in [-0.2, 0) is 16.6 Å². The van der Waals surface area contributed by atoms with Crippen molar-refractivity contribution in [2.24, 2.45) is 5.14 Å². The van der Waals surface area contributed by atoms with Crippen LogP contribution in [0.25, 0.3) is 0 Å². The molecule has 112 valence electrons. The summed E-state index contributed by atoms with van der Waals surface area (Å²) in [5.41, 5.74) is 0.0792. The molecule has 8 heteroatoms. The number of furan rings is 1. The van der Waals surface area contributed by atoms with Crippen LogP contribution in [0.1, 0.15) is 16.1 Å². The van der Waals surface area contributed by atoms with E-state index < -0.39 is 15.9 Å². The van der Waals surface area contributed by atoms with Gasteiger partial charge in [0.15, 0.2) is 0 Å². The number of hydrogen-bond acceptors (Lipinski definition) is 5. The van der Waals surface area contributed by atoms with Crippen molar-refractivity contribution in [2.75, 3.05) is 7.11 Å². The summed E-state index contributed by atoms with van der Waals surface area (Å²) in [7, 11) is -2.51. The topological polar surface area (TPSA) is 112 Å². The summed E-state index contributed by atoms with van der Waals surface area (Å²) in [4.78, 5) is 12.0. The van der Waals surface area contributed by atoms with Crippen LogP contribution in [0.3, 0.4) is 0 Å². The number of carbonyl (C=O) groups excluding carboxylic acids is 1. The highest BCUT2D eigenvalue weighted by Crippen LogP contribution is 2.22. The molecule has 1 heterocycles. The second-order valence-electron chi connectivity index (χ2n) is 4.17. The summed E-state index contributed by atoms with van der Waals surface area (Å²) < 4.78 is 32.8. The van der Waals surface area contributed by atoms with Crippen molar-refractivity contribution in [3.05, 3.63) is 47.9 Å². The number of hydrogen-bond donors (Lipinski definition) is 2. The summed E-state index contributed by atoms with van der Waals surface area (Å²) in [6, 6.07) is 7.23. The zero-order chi connectivity index (χ0) is 15.5. The zero-order valence-electron chi connectivity index (χ0n) is 11.2. The molecule has 0 aliphatic carbocycles. The van der Waals surface area contributed by atoms with E-state index in [1.165, 1.54) is 31.6 Å². The molecule has 0 aliphatic heterocycles. The molecule has 0 unspecified atom stereocenters. The number of primary sulfonamides is 1. The third-order valence-corrected chi connectivity index (χ3v) is 3.66. The highest BCUT2D eigenvalue weighted by Gasteiger charge is 2.17. The van der Waals surface area contributed by atoms with Gasteiger partial charge in [0.25, 0.3) is 5.91 Å². The van der Waals surface area contributed by atoms with Gasteiger partial charge in [0.05, 0.1) is 30.4 Å². The van der Waals surface area contributed by atoms with Gasteiger partial charge in [-0.1, -0.05) is 0 Å². The Kier molecular flexibility index (Phi) is 4.29. The van der Waals surface area contributed by atoms with Gasteiger partial charge in [-0.15, -0.1) is 0 Å². The van der Waals surface area contributed by atoms with E-state index >= 15 is 0 Å². The smallest absolute Gasteiger partial charge is 0.255 e. The van der Waals surface area contributed by atoms with E-state index in [2.05, 4.69) is 5.32 Å². The Morgan fingerprint density at radius 3 is 2.71 bits per heavy atom. The van der Waals surface area contributed by atoms with Crippen molar-refractivity contribution in [2.45, 2.75) is 11.4 Å². The van der Waals surface area contributed by atoms with Crippen LogP contribution in [0.5, 0.6) is 5.75 Å². The van der Waals surface area contributed by atoms with Gasteiger partial charge in [-0.3, -0.25) is 4.79 Å². The lowest BCUT2D eigenvalue weighted by atomic mass is 10.2. The molecule has 0 radical (unpaired) electrons. The predicted molar refractivity (Wildman–Crippen MR) is 74.2 cm³/mol. The van der Waals surface area contributed by atoms with Gasteiger partial charge in [-0.05, 0) is 30.3 Å². The summed E-state index contributed by atoms with van der Waals surface area (Å²) in [5.74, 6) is 0.331. The molecule has 0 fully saturated rings. The van der Waals surface area contributed by atoms with Crippen LogP contribution in [0.4, 0.5) is 0 Å². The molecule has 0 atom stereocenters. The molecule has 2 aromatic rings. The van der Waals surface area contributed by atoms with Crippen molar-refractivity contribution >= 4 is 15.9 Å².